The third-order valence-corrected chi connectivity index (χ3v) is 2.75. The fourth-order valence-corrected chi connectivity index (χ4v) is 1.15. The summed E-state index contributed by atoms with van der Waals surface area (Å²) >= 11 is 0. The van der Waals surface area contributed by atoms with Crippen molar-refractivity contribution in [2.45, 2.75) is 5.25 Å². The van der Waals surface area contributed by atoms with Crippen LogP contribution in [0.15, 0.2) is 30.3 Å². The fraction of sp³-hybridized carbons (Fsp3) is 0.300. The summed E-state index contributed by atoms with van der Waals surface area (Å²) in [7, 11) is -5.62. The summed E-state index contributed by atoms with van der Waals surface area (Å²) in [5, 5.41) is -4.55. The molecule has 0 spiro atoms. The van der Waals surface area contributed by atoms with E-state index in [0.29, 0.717) is 5.75 Å². The van der Waals surface area contributed by atoms with Crippen LogP contribution < -0.4 is 4.74 Å². The van der Waals surface area contributed by atoms with Crippen molar-refractivity contribution in [2.75, 3.05) is 13.2 Å². The van der Waals surface area contributed by atoms with Crippen LogP contribution in [0.1, 0.15) is 0 Å². The third kappa shape index (κ3) is 6.14. The van der Waals surface area contributed by atoms with Crippen molar-refractivity contribution in [1.29, 1.82) is 0 Å². The van der Waals surface area contributed by atoms with E-state index in [-0.39, 0.29) is 29.6 Å². The zero-order valence-corrected chi connectivity index (χ0v) is 10.3. The Morgan fingerprint density at radius 1 is 1.25 bits per heavy atom. The van der Waals surface area contributed by atoms with Crippen molar-refractivity contribution in [3.8, 4) is 5.75 Å². The monoisotopic (exact) mass is 320 g/mol. The molecule has 0 saturated carbocycles. The van der Waals surface area contributed by atoms with Gasteiger partial charge in [-0.3, -0.25) is 4.55 Å². The standard InChI is InChI=1S/C10H10F2O6S.Na.H/c11-10(12,19(14,15)16)7-18-9(13)6-17-8-4-2-1-3-5-8;;/h1-5H,6-7H2,(H,14,15,16);;. The quantitative estimate of drug-likeness (QED) is 0.465. The van der Waals surface area contributed by atoms with Crippen LogP contribution in [0.5, 0.6) is 5.75 Å². The molecule has 1 rings (SSSR count). The van der Waals surface area contributed by atoms with Gasteiger partial charge in [0.05, 0.1) is 0 Å². The molecule has 0 aliphatic carbocycles. The predicted molar refractivity (Wildman–Crippen MR) is 66.5 cm³/mol. The predicted octanol–water partition coefficient (Wildman–Crippen LogP) is 0.441. The van der Waals surface area contributed by atoms with Crippen molar-refractivity contribution >= 4 is 45.6 Å². The van der Waals surface area contributed by atoms with Crippen molar-refractivity contribution in [2.24, 2.45) is 0 Å². The number of hydrogen-bond donors (Lipinski definition) is 1. The molecule has 0 bridgehead atoms. The van der Waals surface area contributed by atoms with E-state index in [9.17, 15) is 22.0 Å². The zero-order chi connectivity index (χ0) is 14.5. The van der Waals surface area contributed by atoms with Gasteiger partial charge in [-0.15, -0.1) is 0 Å². The van der Waals surface area contributed by atoms with Crippen LogP contribution in [0.4, 0.5) is 8.78 Å². The Labute approximate surface area is 136 Å². The van der Waals surface area contributed by atoms with E-state index < -0.39 is 34.6 Å². The summed E-state index contributed by atoms with van der Waals surface area (Å²) in [6.45, 7) is -2.44. The van der Waals surface area contributed by atoms with Crippen LogP contribution in [-0.2, 0) is 19.6 Å². The number of benzene rings is 1. The molecule has 0 saturated heterocycles. The molecule has 0 atom stereocenters. The van der Waals surface area contributed by atoms with Gasteiger partial charge in [0.2, 0.25) is 0 Å². The van der Waals surface area contributed by atoms with Gasteiger partial charge >= 0.3 is 50.9 Å². The molecule has 0 aliphatic rings. The first kappa shape index (κ1) is 19.3. The van der Waals surface area contributed by atoms with Crippen LogP contribution in [0.3, 0.4) is 0 Å². The SMILES string of the molecule is O=C(COc1ccccc1)OCC(F)(F)S(=O)(=O)O.[NaH]. The van der Waals surface area contributed by atoms with E-state index in [2.05, 4.69) is 4.74 Å². The molecule has 108 valence electrons. The Morgan fingerprint density at radius 3 is 2.30 bits per heavy atom. The first-order chi connectivity index (χ1) is 8.72. The number of esters is 1. The van der Waals surface area contributed by atoms with Crippen LogP contribution >= 0.6 is 0 Å². The van der Waals surface area contributed by atoms with E-state index >= 15 is 0 Å². The Bertz CT molecular complexity index is 534. The second-order valence-corrected chi connectivity index (χ2v) is 4.92. The van der Waals surface area contributed by atoms with E-state index in [1.807, 2.05) is 0 Å². The molecule has 0 aromatic heterocycles. The van der Waals surface area contributed by atoms with Gasteiger partial charge in [0.25, 0.3) is 0 Å². The molecular weight excluding hydrogens is 309 g/mol. The van der Waals surface area contributed by atoms with Gasteiger partial charge in [0, 0.05) is 0 Å². The number of para-hydroxylation sites is 1. The van der Waals surface area contributed by atoms with Crippen LogP contribution in [0.2, 0.25) is 0 Å². The fourth-order valence-electron chi connectivity index (χ4n) is 0.940. The molecular formula is C10H11F2NaO6S. The number of ether oxygens (including phenoxy) is 2. The summed E-state index contributed by atoms with van der Waals surface area (Å²) < 4.78 is 62.9. The Kier molecular flexibility index (Phi) is 7.60. The van der Waals surface area contributed by atoms with Gasteiger partial charge in [0.15, 0.2) is 13.2 Å². The van der Waals surface area contributed by atoms with Crippen LogP contribution in [0.25, 0.3) is 0 Å². The Balaban J connectivity index is 0.00000361. The zero-order valence-electron chi connectivity index (χ0n) is 9.45. The van der Waals surface area contributed by atoms with Gasteiger partial charge in [-0.2, -0.15) is 17.2 Å². The number of alkyl halides is 2. The van der Waals surface area contributed by atoms with E-state index in [4.69, 9.17) is 9.29 Å². The van der Waals surface area contributed by atoms with Crippen molar-refractivity contribution in [3.63, 3.8) is 0 Å². The molecule has 0 aliphatic heterocycles. The molecule has 6 nitrogen and oxygen atoms in total. The summed E-state index contributed by atoms with van der Waals surface area (Å²) in [6.07, 6.45) is 0. The molecule has 0 heterocycles. The second kappa shape index (κ2) is 7.89. The molecule has 10 heteroatoms. The van der Waals surface area contributed by atoms with Crippen LogP contribution in [0, 0.1) is 0 Å². The minimum atomic E-state index is -5.62. The summed E-state index contributed by atoms with van der Waals surface area (Å²) in [5.41, 5.74) is 0. The number of halogens is 2. The number of rotatable bonds is 6. The van der Waals surface area contributed by atoms with Gasteiger partial charge in [-0.1, -0.05) is 18.2 Å². The summed E-state index contributed by atoms with van der Waals surface area (Å²) in [5.74, 6) is -0.867. The molecule has 0 radical (unpaired) electrons. The van der Waals surface area contributed by atoms with E-state index in [1.165, 1.54) is 12.1 Å². The maximum atomic E-state index is 12.7. The Hall–Kier alpha value is -0.740. The molecule has 0 amide bonds. The van der Waals surface area contributed by atoms with E-state index in [1.54, 1.807) is 18.2 Å². The molecule has 0 fully saturated rings. The molecule has 1 N–H and O–H groups in total. The minimum absolute atomic E-state index is 0. The van der Waals surface area contributed by atoms with Gasteiger partial charge in [0.1, 0.15) is 5.75 Å². The molecule has 20 heavy (non-hydrogen) atoms. The normalized spacial score (nSPS) is 11.3. The molecule has 1 aromatic carbocycles. The Morgan fingerprint density at radius 2 is 1.80 bits per heavy atom. The number of carbonyl (C=O) groups is 1. The maximum absolute atomic E-state index is 12.7. The van der Waals surface area contributed by atoms with E-state index in [0.717, 1.165) is 0 Å². The number of hydrogen-bond acceptors (Lipinski definition) is 5. The van der Waals surface area contributed by atoms with Gasteiger partial charge in [-0.05, 0) is 12.1 Å². The summed E-state index contributed by atoms with van der Waals surface area (Å²) in [4.78, 5) is 11.0. The van der Waals surface area contributed by atoms with Crippen LogP contribution in [-0.4, -0.2) is 67.0 Å². The molecule has 0 unspecified atom stereocenters. The summed E-state index contributed by atoms with van der Waals surface area (Å²) in [6, 6.07) is 8.03. The third-order valence-electron chi connectivity index (χ3n) is 1.88. The number of carbonyl (C=O) groups excluding carboxylic acids is 1. The topological polar surface area (TPSA) is 89.9 Å². The first-order valence-corrected chi connectivity index (χ1v) is 6.35. The van der Waals surface area contributed by atoms with Gasteiger partial charge < -0.3 is 9.47 Å². The van der Waals surface area contributed by atoms with Crippen molar-refractivity contribution in [3.05, 3.63) is 30.3 Å². The van der Waals surface area contributed by atoms with Crippen molar-refractivity contribution in [1.82, 2.24) is 0 Å². The average molecular weight is 320 g/mol. The second-order valence-electron chi connectivity index (χ2n) is 3.37. The van der Waals surface area contributed by atoms with Gasteiger partial charge in [-0.25, -0.2) is 4.79 Å². The first-order valence-electron chi connectivity index (χ1n) is 4.91. The van der Waals surface area contributed by atoms with Crippen molar-refractivity contribution < 1.29 is 36.0 Å². The average Bonchev–Trinajstić information content (AvgIpc) is 2.34. The molecule has 1 aromatic rings.